The monoisotopic (exact) mass is 402 g/mol. The van der Waals surface area contributed by atoms with Gasteiger partial charge in [0.25, 0.3) is 0 Å². The molecule has 0 aromatic heterocycles. The molecule has 0 radical (unpaired) electrons. The molecular weight excluding hydrogens is 364 g/mol. The smallest absolute Gasteiger partial charge is 0.304 e. The van der Waals surface area contributed by atoms with E-state index in [2.05, 4.69) is 10.6 Å². The Balaban J connectivity index is 3.69. The predicted octanol–water partition coefficient (Wildman–Crippen LogP) is -1.25. The van der Waals surface area contributed by atoms with Crippen LogP contribution in [0.4, 0.5) is 0 Å². The van der Waals surface area contributed by atoms with Crippen LogP contribution in [0.1, 0.15) is 57.8 Å². The number of aliphatic carboxylic acids is 1. The summed E-state index contributed by atoms with van der Waals surface area (Å²) in [4.78, 5) is 34.1. The summed E-state index contributed by atoms with van der Waals surface area (Å²) in [5.74, 6) is -1.15. The lowest BCUT2D eigenvalue weighted by Crippen LogP contribution is -2.35. The molecule has 0 aliphatic rings. The van der Waals surface area contributed by atoms with E-state index >= 15 is 0 Å². The van der Waals surface area contributed by atoms with E-state index in [9.17, 15) is 14.4 Å². The molecule has 11 N–H and O–H groups in total. The molecule has 10 nitrogen and oxygen atoms in total. The number of hydrogen-bond acceptors (Lipinski definition) is 7. The molecule has 0 bridgehead atoms. The first-order chi connectivity index (χ1) is 13.2. The van der Waals surface area contributed by atoms with Crippen LogP contribution in [0.2, 0.25) is 0 Å². The fourth-order valence-corrected chi connectivity index (χ4v) is 2.72. The third-order valence-corrected chi connectivity index (χ3v) is 4.26. The Morgan fingerprint density at radius 2 is 1.11 bits per heavy atom. The number of carboxylic acids is 1. The minimum atomic E-state index is -0.923. The number of hydrogen-bond donors (Lipinski definition) is 7. The van der Waals surface area contributed by atoms with Crippen molar-refractivity contribution in [3.05, 3.63) is 0 Å². The number of rotatable bonds is 17. The van der Waals surface area contributed by atoms with E-state index in [1.54, 1.807) is 0 Å². The summed E-state index contributed by atoms with van der Waals surface area (Å²) in [6.45, 7) is 1.51. The van der Waals surface area contributed by atoms with Crippen molar-refractivity contribution in [2.45, 2.75) is 75.9 Å². The summed E-state index contributed by atoms with van der Waals surface area (Å²) in [6.07, 6.45) is 4.41. The van der Waals surface area contributed by atoms with Crippen LogP contribution in [0.5, 0.6) is 0 Å². The molecule has 3 unspecified atom stereocenters. The van der Waals surface area contributed by atoms with Gasteiger partial charge in [0.2, 0.25) is 11.8 Å². The largest absolute Gasteiger partial charge is 0.481 e. The average Bonchev–Trinajstić information content (AvgIpc) is 2.60. The highest BCUT2D eigenvalue weighted by molar-refractivity contribution is 5.77. The second-order valence-electron chi connectivity index (χ2n) is 7.20. The van der Waals surface area contributed by atoms with E-state index < -0.39 is 12.0 Å². The zero-order chi connectivity index (χ0) is 21.4. The maximum absolute atomic E-state index is 11.8. The first-order valence-corrected chi connectivity index (χ1v) is 9.96. The molecule has 0 saturated heterocycles. The molecule has 0 spiro atoms. The van der Waals surface area contributed by atoms with Crippen molar-refractivity contribution < 1.29 is 19.5 Å². The molecule has 2 amide bonds. The predicted molar refractivity (Wildman–Crippen MR) is 108 cm³/mol. The van der Waals surface area contributed by atoms with Crippen molar-refractivity contribution >= 4 is 17.8 Å². The standard InChI is InChI=1S/C18H38N6O4/c19-7-1-4-13(20)10-16(25)23-8-2-5-14(21)11-17(26)24-9-3-6-15(22)12-18(27)28/h13-15H,1-12,19-22H2,(H,23,25)(H,24,26)(H,27,28). The lowest BCUT2D eigenvalue weighted by atomic mass is 10.1. The molecular formula is C18H38N6O4. The number of amides is 2. The maximum atomic E-state index is 11.8. The molecule has 0 heterocycles. The third kappa shape index (κ3) is 16.4. The van der Waals surface area contributed by atoms with Crippen LogP contribution in [0, 0.1) is 0 Å². The molecule has 164 valence electrons. The number of nitrogens with one attached hydrogen (secondary N) is 2. The molecule has 0 fully saturated rings. The minimum absolute atomic E-state index is 0.0744. The van der Waals surface area contributed by atoms with Crippen molar-refractivity contribution in [2.75, 3.05) is 19.6 Å². The minimum Gasteiger partial charge on any atom is -0.481 e. The van der Waals surface area contributed by atoms with Gasteiger partial charge in [-0.1, -0.05) is 0 Å². The van der Waals surface area contributed by atoms with E-state index in [0.29, 0.717) is 45.3 Å². The highest BCUT2D eigenvalue weighted by Crippen LogP contribution is 2.02. The zero-order valence-corrected chi connectivity index (χ0v) is 16.7. The molecule has 28 heavy (non-hydrogen) atoms. The maximum Gasteiger partial charge on any atom is 0.304 e. The van der Waals surface area contributed by atoms with E-state index in [1.165, 1.54) is 0 Å². The van der Waals surface area contributed by atoms with Gasteiger partial charge < -0.3 is 38.7 Å². The summed E-state index contributed by atoms with van der Waals surface area (Å²) in [6, 6.07) is -0.853. The molecule has 0 aliphatic heterocycles. The van der Waals surface area contributed by atoms with Gasteiger partial charge in [0, 0.05) is 44.1 Å². The second kappa shape index (κ2) is 16.2. The number of carboxylic acid groups (broad SMARTS) is 1. The Bertz CT molecular complexity index is 463. The molecule has 0 aromatic rings. The highest BCUT2D eigenvalue weighted by Gasteiger charge is 2.12. The summed E-state index contributed by atoms with van der Waals surface area (Å²) < 4.78 is 0. The molecule has 0 aromatic carbocycles. The zero-order valence-electron chi connectivity index (χ0n) is 16.7. The van der Waals surface area contributed by atoms with Gasteiger partial charge in [0.05, 0.1) is 6.42 Å². The van der Waals surface area contributed by atoms with Crippen molar-refractivity contribution in [1.82, 2.24) is 10.6 Å². The topological polar surface area (TPSA) is 200 Å². The Hall–Kier alpha value is -1.75. The lowest BCUT2D eigenvalue weighted by molar-refractivity contribution is -0.137. The van der Waals surface area contributed by atoms with Crippen LogP contribution in [0.25, 0.3) is 0 Å². The Morgan fingerprint density at radius 3 is 1.50 bits per heavy atom. The van der Waals surface area contributed by atoms with Crippen molar-refractivity contribution in [3.8, 4) is 0 Å². The van der Waals surface area contributed by atoms with E-state index in [1.807, 2.05) is 0 Å². The van der Waals surface area contributed by atoms with Crippen LogP contribution in [0.3, 0.4) is 0 Å². The van der Waals surface area contributed by atoms with E-state index in [0.717, 1.165) is 12.8 Å². The highest BCUT2D eigenvalue weighted by atomic mass is 16.4. The van der Waals surface area contributed by atoms with E-state index in [-0.39, 0.29) is 43.2 Å². The van der Waals surface area contributed by atoms with Crippen molar-refractivity contribution in [3.63, 3.8) is 0 Å². The third-order valence-electron chi connectivity index (χ3n) is 4.26. The van der Waals surface area contributed by atoms with E-state index in [4.69, 9.17) is 28.0 Å². The van der Waals surface area contributed by atoms with Gasteiger partial charge >= 0.3 is 5.97 Å². The Labute approximate surface area is 167 Å². The first kappa shape index (κ1) is 26.2. The molecule has 0 rings (SSSR count). The normalized spacial score (nSPS) is 14.1. The van der Waals surface area contributed by atoms with Gasteiger partial charge in [-0.2, -0.15) is 0 Å². The summed E-state index contributed by atoms with van der Waals surface area (Å²) >= 11 is 0. The number of nitrogens with two attached hydrogens (primary N) is 4. The van der Waals surface area contributed by atoms with Crippen LogP contribution in [0.15, 0.2) is 0 Å². The van der Waals surface area contributed by atoms with Gasteiger partial charge in [0.1, 0.15) is 0 Å². The lowest BCUT2D eigenvalue weighted by Gasteiger charge is -2.14. The van der Waals surface area contributed by atoms with Crippen LogP contribution in [-0.2, 0) is 14.4 Å². The Kier molecular flexibility index (Phi) is 15.2. The quantitative estimate of drug-likeness (QED) is 0.146. The van der Waals surface area contributed by atoms with Gasteiger partial charge in [-0.25, -0.2) is 0 Å². The molecule has 0 saturated carbocycles. The first-order valence-electron chi connectivity index (χ1n) is 9.96. The fourth-order valence-electron chi connectivity index (χ4n) is 2.72. The Morgan fingerprint density at radius 1 is 0.714 bits per heavy atom. The van der Waals surface area contributed by atoms with Gasteiger partial charge in [-0.3, -0.25) is 14.4 Å². The van der Waals surface area contributed by atoms with Gasteiger partial charge in [-0.15, -0.1) is 0 Å². The molecule has 3 atom stereocenters. The number of carbonyl (C=O) groups excluding carboxylic acids is 2. The SMILES string of the molecule is NCCCC(N)CC(=O)NCCCC(N)CC(=O)NCCCC(N)CC(=O)O. The van der Waals surface area contributed by atoms with Gasteiger partial charge in [0.15, 0.2) is 0 Å². The average molecular weight is 403 g/mol. The number of carbonyl (C=O) groups is 3. The van der Waals surface area contributed by atoms with Crippen LogP contribution in [-0.4, -0.2) is 60.6 Å². The summed E-state index contributed by atoms with van der Waals surface area (Å²) in [5.41, 5.74) is 22.8. The molecule has 0 aliphatic carbocycles. The molecule has 10 heteroatoms. The van der Waals surface area contributed by atoms with Gasteiger partial charge in [-0.05, 0) is 45.1 Å². The van der Waals surface area contributed by atoms with Crippen molar-refractivity contribution in [2.24, 2.45) is 22.9 Å². The fraction of sp³-hybridized carbons (Fsp3) is 0.833. The van der Waals surface area contributed by atoms with Crippen LogP contribution < -0.4 is 33.6 Å². The summed E-state index contributed by atoms with van der Waals surface area (Å²) in [5, 5.41) is 14.2. The second-order valence-corrected chi connectivity index (χ2v) is 7.20. The van der Waals surface area contributed by atoms with Crippen molar-refractivity contribution in [1.29, 1.82) is 0 Å². The van der Waals surface area contributed by atoms with Crippen LogP contribution >= 0.6 is 0 Å². The summed E-state index contributed by atoms with van der Waals surface area (Å²) in [7, 11) is 0.